The summed E-state index contributed by atoms with van der Waals surface area (Å²) in [6, 6.07) is 10.7. The van der Waals surface area contributed by atoms with Crippen LogP contribution in [0.5, 0.6) is 0 Å². The van der Waals surface area contributed by atoms with Crippen LogP contribution in [-0.2, 0) is 0 Å². The van der Waals surface area contributed by atoms with Crippen LogP contribution in [0.25, 0.3) is 5.69 Å². The molecule has 1 amide bonds. The van der Waals surface area contributed by atoms with E-state index in [2.05, 4.69) is 15.3 Å². The van der Waals surface area contributed by atoms with Gasteiger partial charge in [-0.25, -0.2) is 9.97 Å². The van der Waals surface area contributed by atoms with E-state index < -0.39 is 0 Å². The van der Waals surface area contributed by atoms with Gasteiger partial charge in [-0.1, -0.05) is 11.6 Å². The lowest BCUT2D eigenvalue weighted by Gasteiger charge is -2.07. The third kappa shape index (κ3) is 2.93. The third-order valence-corrected chi connectivity index (χ3v) is 3.23. The molecule has 2 heterocycles. The monoisotopic (exact) mass is 298 g/mol. The Hall–Kier alpha value is -2.66. The molecule has 6 heteroatoms. The van der Waals surface area contributed by atoms with Crippen molar-refractivity contribution in [3.8, 4) is 5.69 Å². The molecule has 0 saturated carbocycles. The number of rotatable bonds is 3. The molecule has 0 bridgehead atoms. The lowest BCUT2D eigenvalue weighted by molar-refractivity contribution is 0.102. The van der Waals surface area contributed by atoms with Crippen LogP contribution >= 0.6 is 11.6 Å². The molecule has 0 aliphatic heterocycles. The fourth-order valence-electron chi connectivity index (χ4n) is 1.88. The lowest BCUT2D eigenvalue weighted by Crippen LogP contribution is -2.12. The van der Waals surface area contributed by atoms with E-state index in [0.29, 0.717) is 11.3 Å². The zero-order valence-electron chi connectivity index (χ0n) is 10.9. The van der Waals surface area contributed by atoms with Gasteiger partial charge in [-0.05, 0) is 36.4 Å². The topological polar surface area (TPSA) is 59.8 Å². The van der Waals surface area contributed by atoms with Crippen LogP contribution in [0.3, 0.4) is 0 Å². The molecule has 0 atom stereocenters. The molecular formula is C15H11ClN4O. The van der Waals surface area contributed by atoms with Crippen molar-refractivity contribution < 1.29 is 4.79 Å². The average molecular weight is 299 g/mol. The maximum absolute atomic E-state index is 12.1. The number of halogens is 1. The van der Waals surface area contributed by atoms with E-state index >= 15 is 0 Å². The normalized spacial score (nSPS) is 10.3. The molecule has 3 rings (SSSR count). The van der Waals surface area contributed by atoms with Crippen molar-refractivity contribution in [2.24, 2.45) is 0 Å². The fraction of sp³-hybridized carbons (Fsp3) is 0. The van der Waals surface area contributed by atoms with Gasteiger partial charge in [0, 0.05) is 30.0 Å². The number of carbonyl (C=O) groups excluding carboxylic acids is 1. The molecule has 2 aromatic heterocycles. The first-order valence-electron chi connectivity index (χ1n) is 6.24. The van der Waals surface area contributed by atoms with E-state index in [-0.39, 0.29) is 11.1 Å². The van der Waals surface area contributed by atoms with Crippen molar-refractivity contribution in [2.45, 2.75) is 0 Å². The van der Waals surface area contributed by atoms with Crippen molar-refractivity contribution in [3.63, 3.8) is 0 Å². The van der Waals surface area contributed by atoms with Gasteiger partial charge >= 0.3 is 0 Å². The molecule has 1 aromatic carbocycles. The van der Waals surface area contributed by atoms with Gasteiger partial charge in [-0.2, -0.15) is 0 Å². The first-order valence-corrected chi connectivity index (χ1v) is 6.62. The molecule has 0 aliphatic carbocycles. The predicted octanol–water partition coefficient (Wildman–Crippen LogP) is 3.17. The quantitative estimate of drug-likeness (QED) is 0.756. The van der Waals surface area contributed by atoms with E-state index in [1.54, 1.807) is 30.9 Å². The van der Waals surface area contributed by atoms with E-state index in [0.717, 1.165) is 5.69 Å². The molecule has 104 valence electrons. The largest absolute Gasteiger partial charge is 0.322 e. The molecule has 0 fully saturated rings. The maximum Gasteiger partial charge on any atom is 0.258 e. The maximum atomic E-state index is 12.1. The van der Waals surface area contributed by atoms with Crippen molar-refractivity contribution in [3.05, 3.63) is 72.0 Å². The number of anilines is 1. The molecule has 21 heavy (non-hydrogen) atoms. The second-order valence-electron chi connectivity index (χ2n) is 4.31. The number of nitrogens with zero attached hydrogens (tertiary/aromatic N) is 3. The van der Waals surface area contributed by atoms with E-state index in [4.69, 9.17) is 11.6 Å². The summed E-state index contributed by atoms with van der Waals surface area (Å²) in [5.74, 6) is -0.288. The van der Waals surface area contributed by atoms with Gasteiger partial charge in [0.2, 0.25) is 0 Å². The summed E-state index contributed by atoms with van der Waals surface area (Å²) < 4.78 is 1.88. The zero-order valence-corrected chi connectivity index (χ0v) is 11.7. The second kappa shape index (κ2) is 5.76. The van der Waals surface area contributed by atoms with Crippen LogP contribution in [0.4, 0.5) is 5.69 Å². The molecule has 1 N–H and O–H groups in total. The summed E-state index contributed by atoms with van der Waals surface area (Å²) in [4.78, 5) is 20.0. The van der Waals surface area contributed by atoms with Crippen LogP contribution in [0.2, 0.25) is 5.15 Å². The van der Waals surface area contributed by atoms with Gasteiger partial charge < -0.3 is 9.88 Å². The summed E-state index contributed by atoms with van der Waals surface area (Å²) in [5, 5.41) is 2.97. The van der Waals surface area contributed by atoms with Gasteiger partial charge in [0.25, 0.3) is 5.91 Å². The molecule has 0 aliphatic rings. The number of nitrogens with one attached hydrogen (secondary N) is 1. The Morgan fingerprint density at radius 1 is 1.14 bits per heavy atom. The van der Waals surface area contributed by atoms with E-state index in [1.165, 1.54) is 0 Å². The van der Waals surface area contributed by atoms with Crippen molar-refractivity contribution in [2.75, 3.05) is 5.32 Å². The average Bonchev–Trinajstić information content (AvgIpc) is 3.02. The van der Waals surface area contributed by atoms with Crippen LogP contribution in [0, 0.1) is 0 Å². The summed E-state index contributed by atoms with van der Waals surface area (Å²) in [6.07, 6.45) is 6.81. The number of pyridine rings is 1. The van der Waals surface area contributed by atoms with Gasteiger partial charge in [-0.3, -0.25) is 4.79 Å². The summed E-state index contributed by atoms with van der Waals surface area (Å²) >= 11 is 5.90. The summed E-state index contributed by atoms with van der Waals surface area (Å²) in [6.45, 7) is 0. The highest BCUT2D eigenvalue weighted by Gasteiger charge is 2.10. The Balaban J connectivity index is 1.77. The van der Waals surface area contributed by atoms with Crippen LogP contribution in [0.15, 0.2) is 61.3 Å². The van der Waals surface area contributed by atoms with Gasteiger partial charge in [0.1, 0.15) is 5.15 Å². The summed E-state index contributed by atoms with van der Waals surface area (Å²) in [5.41, 5.74) is 1.99. The van der Waals surface area contributed by atoms with E-state index in [9.17, 15) is 4.79 Å². The van der Waals surface area contributed by atoms with Gasteiger partial charge in [-0.15, -0.1) is 0 Å². The zero-order chi connectivity index (χ0) is 14.7. The Morgan fingerprint density at radius 3 is 2.62 bits per heavy atom. The Kier molecular flexibility index (Phi) is 3.66. The first kappa shape index (κ1) is 13.3. The van der Waals surface area contributed by atoms with Crippen LogP contribution < -0.4 is 5.32 Å². The molecule has 0 radical (unpaired) electrons. The lowest BCUT2D eigenvalue weighted by atomic mass is 10.2. The van der Waals surface area contributed by atoms with Crippen molar-refractivity contribution in [1.29, 1.82) is 0 Å². The number of carbonyl (C=O) groups is 1. The van der Waals surface area contributed by atoms with Crippen LogP contribution in [-0.4, -0.2) is 20.4 Å². The number of benzene rings is 1. The summed E-state index contributed by atoms with van der Waals surface area (Å²) in [7, 11) is 0. The van der Waals surface area contributed by atoms with Gasteiger partial charge in [0.15, 0.2) is 0 Å². The molecule has 3 aromatic rings. The highest BCUT2D eigenvalue weighted by atomic mass is 35.5. The minimum absolute atomic E-state index is 0.185. The minimum Gasteiger partial charge on any atom is -0.322 e. The number of amides is 1. The van der Waals surface area contributed by atoms with E-state index in [1.807, 2.05) is 35.0 Å². The highest BCUT2D eigenvalue weighted by molar-refractivity contribution is 6.33. The number of imidazole rings is 1. The third-order valence-electron chi connectivity index (χ3n) is 2.93. The Labute approximate surface area is 126 Å². The SMILES string of the molecule is O=C(Nc1ccc(-n2ccnc2)cc1)c1cccnc1Cl. The van der Waals surface area contributed by atoms with Crippen molar-refractivity contribution >= 4 is 23.2 Å². The van der Waals surface area contributed by atoms with Crippen molar-refractivity contribution in [1.82, 2.24) is 14.5 Å². The molecule has 0 unspecified atom stereocenters. The molecule has 0 spiro atoms. The highest BCUT2D eigenvalue weighted by Crippen LogP contribution is 2.16. The second-order valence-corrected chi connectivity index (χ2v) is 4.67. The Morgan fingerprint density at radius 2 is 1.95 bits per heavy atom. The number of hydrogen-bond donors (Lipinski definition) is 1. The number of aromatic nitrogens is 3. The Bertz CT molecular complexity index is 754. The molecular weight excluding hydrogens is 288 g/mol. The van der Waals surface area contributed by atoms with Gasteiger partial charge in [0.05, 0.1) is 11.9 Å². The predicted molar refractivity (Wildman–Crippen MR) is 80.8 cm³/mol. The standard InChI is InChI=1S/C15H11ClN4O/c16-14-13(2-1-7-18-14)15(21)19-11-3-5-12(6-4-11)20-9-8-17-10-20/h1-10H,(H,19,21). The van der Waals surface area contributed by atoms with Crippen LogP contribution in [0.1, 0.15) is 10.4 Å². The fourth-order valence-corrected chi connectivity index (χ4v) is 2.09. The minimum atomic E-state index is -0.288. The first-order chi connectivity index (χ1) is 10.2. The number of hydrogen-bond acceptors (Lipinski definition) is 3. The molecule has 0 saturated heterocycles. The molecule has 5 nitrogen and oxygen atoms in total. The smallest absolute Gasteiger partial charge is 0.258 e.